The Hall–Kier alpha value is -0.870. The van der Waals surface area contributed by atoms with Gasteiger partial charge >= 0.3 is 0 Å². The minimum atomic E-state index is 0.686. The highest BCUT2D eigenvalue weighted by Gasteiger charge is 2.09. The van der Waals surface area contributed by atoms with E-state index in [4.69, 9.17) is 10.5 Å². The van der Waals surface area contributed by atoms with Gasteiger partial charge in [0.1, 0.15) is 0 Å². The predicted molar refractivity (Wildman–Crippen MR) is 61.0 cm³/mol. The van der Waals surface area contributed by atoms with Gasteiger partial charge in [-0.15, -0.1) is 0 Å². The first kappa shape index (κ1) is 12.2. The van der Waals surface area contributed by atoms with Gasteiger partial charge in [-0.25, -0.2) is 0 Å². The number of rotatable bonds is 6. The minimum Gasteiger partial charge on any atom is -0.385 e. The van der Waals surface area contributed by atoms with Crippen molar-refractivity contribution in [2.75, 3.05) is 20.3 Å². The van der Waals surface area contributed by atoms with Crippen molar-refractivity contribution in [3.05, 3.63) is 17.0 Å². The zero-order chi connectivity index (χ0) is 11.3. The molecule has 0 amide bonds. The van der Waals surface area contributed by atoms with Crippen LogP contribution >= 0.6 is 0 Å². The van der Waals surface area contributed by atoms with Crippen LogP contribution in [0.2, 0.25) is 0 Å². The molecular weight excluding hydrogens is 190 g/mol. The van der Waals surface area contributed by atoms with Gasteiger partial charge in [0.15, 0.2) is 0 Å². The summed E-state index contributed by atoms with van der Waals surface area (Å²) in [5.41, 5.74) is 9.22. The van der Waals surface area contributed by atoms with Crippen molar-refractivity contribution in [3.8, 4) is 0 Å². The lowest BCUT2D eigenvalue weighted by atomic mass is 10.1. The smallest absolute Gasteiger partial charge is 0.0628 e. The molecule has 0 spiro atoms. The van der Waals surface area contributed by atoms with Crippen LogP contribution < -0.4 is 5.73 Å². The molecule has 1 aromatic rings. The second-order valence-electron chi connectivity index (χ2n) is 3.76. The van der Waals surface area contributed by atoms with E-state index in [0.29, 0.717) is 6.54 Å². The topological polar surface area (TPSA) is 53.1 Å². The maximum atomic E-state index is 5.57. The average molecular weight is 211 g/mol. The summed E-state index contributed by atoms with van der Waals surface area (Å²) >= 11 is 0. The van der Waals surface area contributed by atoms with Crippen LogP contribution in [0.25, 0.3) is 0 Å². The predicted octanol–water partition coefficient (Wildman–Crippen LogP) is 1.04. The summed E-state index contributed by atoms with van der Waals surface area (Å²) in [5.74, 6) is 0. The van der Waals surface area contributed by atoms with E-state index in [-0.39, 0.29) is 0 Å². The van der Waals surface area contributed by atoms with E-state index in [1.165, 1.54) is 11.3 Å². The number of hydrogen-bond donors (Lipinski definition) is 1. The molecule has 1 heterocycles. The van der Waals surface area contributed by atoms with Gasteiger partial charge < -0.3 is 10.5 Å². The molecule has 0 saturated carbocycles. The lowest BCUT2D eigenvalue weighted by Crippen LogP contribution is -2.07. The number of nitrogens with two attached hydrogens (primary N) is 1. The summed E-state index contributed by atoms with van der Waals surface area (Å²) in [5, 5.41) is 4.51. The third kappa shape index (κ3) is 3.04. The van der Waals surface area contributed by atoms with Gasteiger partial charge in [0.2, 0.25) is 0 Å². The molecule has 15 heavy (non-hydrogen) atoms. The Morgan fingerprint density at radius 2 is 2.13 bits per heavy atom. The van der Waals surface area contributed by atoms with Crippen LogP contribution in [0, 0.1) is 13.8 Å². The van der Waals surface area contributed by atoms with Crippen molar-refractivity contribution in [1.29, 1.82) is 0 Å². The summed E-state index contributed by atoms with van der Waals surface area (Å²) in [7, 11) is 1.72. The van der Waals surface area contributed by atoms with Crippen LogP contribution in [0.1, 0.15) is 23.4 Å². The zero-order valence-corrected chi connectivity index (χ0v) is 9.92. The van der Waals surface area contributed by atoms with E-state index < -0.39 is 0 Å². The highest BCUT2D eigenvalue weighted by atomic mass is 16.5. The van der Waals surface area contributed by atoms with Crippen LogP contribution in [-0.4, -0.2) is 30.0 Å². The maximum Gasteiger partial charge on any atom is 0.0628 e. The molecule has 0 fully saturated rings. The van der Waals surface area contributed by atoms with Crippen LogP contribution in [0.3, 0.4) is 0 Å². The van der Waals surface area contributed by atoms with E-state index in [9.17, 15) is 0 Å². The molecule has 1 aromatic heterocycles. The van der Waals surface area contributed by atoms with Crippen LogP contribution in [-0.2, 0) is 17.7 Å². The lowest BCUT2D eigenvalue weighted by Gasteiger charge is -2.04. The third-order valence-electron chi connectivity index (χ3n) is 2.64. The first-order valence-electron chi connectivity index (χ1n) is 5.42. The van der Waals surface area contributed by atoms with E-state index in [2.05, 4.69) is 16.7 Å². The molecule has 0 aliphatic carbocycles. The molecule has 4 heteroatoms. The average Bonchev–Trinajstić information content (AvgIpc) is 2.47. The number of aromatic nitrogens is 2. The number of nitrogens with zero attached hydrogens (tertiary/aromatic N) is 2. The molecule has 2 N–H and O–H groups in total. The number of aryl methyl sites for hydroxylation is 2. The summed E-state index contributed by atoms with van der Waals surface area (Å²) in [6, 6.07) is 0. The van der Waals surface area contributed by atoms with Crippen molar-refractivity contribution in [3.63, 3.8) is 0 Å². The molecule has 0 aliphatic rings. The Morgan fingerprint density at radius 3 is 2.73 bits per heavy atom. The summed E-state index contributed by atoms with van der Waals surface area (Å²) in [4.78, 5) is 0. The van der Waals surface area contributed by atoms with Gasteiger partial charge in [-0.1, -0.05) is 0 Å². The number of hydrogen-bond acceptors (Lipinski definition) is 3. The molecule has 86 valence electrons. The molecule has 0 radical (unpaired) electrons. The van der Waals surface area contributed by atoms with Gasteiger partial charge in [0, 0.05) is 26.0 Å². The van der Waals surface area contributed by atoms with Gasteiger partial charge in [0.25, 0.3) is 0 Å². The molecular formula is C11H21N3O. The molecule has 4 nitrogen and oxygen atoms in total. The highest BCUT2D eigenvalue weighted by Crippen LogP contribution is 2.13. The Bertz CT molecular complexity index is 307. The van der Waals surface area contributed by atoms with Gasteiger partial charge in [-0.3, -0.25) is 4.68 Å². The lowest BCUT2D eigenvalue weighted by molar-refractivity contribution is 0.188. The standard InChI is InChI=1S/C11H21N3O/c1-9-11(5-6-12)10(2)14(13-9)7-4-8-15-3/h4-8,12H2,1-3H3. The Morgan fingerprint density at radius 1 is 1.40 bits per heavy atom. The highest BCUT2D eigenvalue weighted by molar-refractivity contribution is 5.24. The van der Waals surface area contributed by atoms with Crippen LogP contribution in [0.4, 0.5) is 0 Å². The SMILES string of the molecule is COCCCn1nc(C)c(CCN)c1C. The Balaban J connectivity index is 2.68. The fraction of sp³-hybridized carbons (Fsp3) is 0.727. The van der Waals surface area contributed by atoms with E-state index in [1.54, 1.807) is 7.11 Å². The second kappa shape index (κ2) is 5.88. The van der Waals surface area contributed by atoms with Gasteiger partial charge in [-0.2, -0.15) is 5.10 Å². The molecule has 0 bridgehead atoms. The molecule has 0 aromatic carbocycles. The summed E-state index contributed by atoms with van der Waals surface area (Å²) < 4.78 is 7.08. The first-order chi connectivity index (χ1) is 7.20. The second-order valence-corrected chi connectivity index (χ2v) is 3.76. The van der Waals surface area contributed by atoms with Crippen molar-refractivity contribution in [2.24, 2.45) is 5.73 Å². The molecule has 0 saturated heterocycles. The summed E-state index contributed by atoms with van der Waals surface area (Å²) in [6.45, 7) is 6.55. The maximum absolute atomic E-state index is 5.57. The van der Waals surface area contributed by atoms with Crippen LogP contribution in [0.5, 0.6) is 0 Å². The summed E-state index contributed by atoms with van der Waals surface area (Å²) in [6.07, 6.45) is 1.92. The molecule has 0 aliphatic heterocycles. The fourth-order valence-corrected chi connectivity index (χ4v) is 1.82. The fourth-order valence-electron chi connectivity index (χ4n) is 1.82. The van der Waals surface area contributed by atoms with Gasteiger partial charge in [-0.05, 0) is 38.8 Å². The first-order valence-corrected chi connectivity index (χ1v) is 5.42. The quantitative estimate of drug-likeness (QED) is 0.715. The molecule has 0 atom stereocenters. The third-order valence-corrected chi connectivity index (χ3v) is 2.64. The molecule has 1 rings (SSSR count). The largest absolute Gasteiger partial charge is 0.385 e. The molecule has 0 unspecified atom stereocenters. The van der Waals surface area contributed by atoms with Crippen molar-refractivity contribution in [1.82, 2.24) is 9.78 Å². The minimum absolute atomic E-state index is 0.686. The van der Waals surface area contributed by atoms with Crippen molar-refractivity contribution >= 4 is 0 Å². The zero-order valence-electron chi connectivity index (χ0n) is 9.92. The monoisotopic (exact) mass is 211 g/mol. The van der Waals surface area contributed by atoms with Crippen LogP contribution in [0.15, 0.2) is 0 Å². The number of methoxy groups -OCH3 is 1. The van der Waals surface area contributed by atoms with E-state index in [1.807, 2.05) is 6.92 Å². The van der Waals surface area contributed by atoms with E-state index >= 15 is 0 Å². The van der Waals surface area contributed by atoms with Crippen molar-refractivity contribution in [2.45, 2.75) is 33.2 Å². The Kier molecular flexibility index (Phi) is 4.78. The van der Waals surface area contributed by atoms with Crippen molar-refractivity contribution < 1.29 is 4.74 Å². The van der Waals surface area contributed by atoms with E-state index in [0.717, 1.165) is 31.7 Å². The van der Waals surface area contributed by atoms with Gasteiger partial charge in [0.05, 0.1) is 5.69 Å². The Labute approximate surface area is 91.4 Å². The number of ether oxygens (including phenoxy) is 1. The normalized spacial score (nSPS) is 10.9.